The number of benzene rings is 1. The van der Waals surface area contributed by atoms with E-state index in [-0.39, 0.29) is 18.0 Å². The maximum absolute atomic E-state index is 12.0. The van der Waals surface area contributed by atoms with Crippen molar-refractivity contribution in [1.82, 2.24) is 0 Å². The molecule has 0 atom stereocenters. The molecule has 0 N–H and O–H groups in total. The standard InChI is InChI=1S/C15H20O2/c1-10-6-11(2)8-12(7-10)13(16)9-14(17)15(3,4)5/h6-8H,9H2,1-5H3. The van der Waals surface area contributed by atoms with Gasteiger partial charge < -0.3 is 0 Å². The average Bonchev–Trinajstić information content (AvgIpc) is 2.14. The van der Waals surface area contributed by atoms with Crippen LogP contribution in [0.2, 0.25) is 0 Å². The largest absolute Gasteiger partial charge is 0.299 e. The van der Waals surface area contributed by atoms with Crippen LogP contribution in [0.15, 0.2) is 18.2 Å². The van der Waals surface area contributed by atoms with Crippen LogP contribution in [0.5, 0.6) is 0 Å². The molecule has 0 amide bonds. The molecule has 17 heavy (non-hydrogen) atoms. The van der Waals surface area contributed by atoms with Crippen molar-refractivity contribution in [3.63, 3.8) is 0 Å². The van der Waals surface area contributed by atoms with Crippen molar-refractivity contribution in [1.29, 1.82) is 0 Å². The monoisotopic (exact) mass is 232 g/mol. The number of rotatable bonds is 3. The fraction of sp³-hybridized carbons (Fsp3) is 0.467. The Balaban J connectivity index is 2.87. The van der Waals surface area contributed by atoms with E-state index in [1.165, 1.54) is 0 Å². The van der Waals surface area contributed by atoms with Crippen molar-refractivity contribution >= 4 is 11.6 Å². The summed E-state index contributed by atoms with van der Waals surface area (Å²) < 4.78 is 0. The molecule has 2 heteroatoms. The molecule has 0 saturated heterocycles. The van der Waals surface area contributed by atoms with Gasteiger partial charge >= 0.3 is 0 Å². The minimum absolute atomic E-state index is 0.00755. The lowest BCUT2D eigenvalue weighted by molar-refractivity contribution is -0.125. The molecule has 0 unspecified atom stereocenters. The number of Topliss-reactive ketones (excluding diaryl/α,β-unsaturated/α-hetero) is 2. The summed E-state index contributed by atoms with van der Waals surface area (Å²) in [5.74, 6) is -0.0987. The molecule has 0 aromatic heterocycles. The first-order chi connectivity index (χ1) is 7.70. The maximum atomic E-state index is 12.0. The van der Waals surface area contributed by atoms with E-state index in [1.807, 2.05) is 52.8 Å². The predicted molar refractivity (Wildman–Crippen MR) is 69.3 cm³/mol. The van der Waals surface area contributed by atoms with E-state index in [9.17, 15) is 9.59 Å². The smallest absolute Gasteiger partial charge is 0.170 e. The van der Waals surface area contributed by atoms with E-state index in [1.54, 1.807) is 0 Å². The van der Waals surface area contributed by atoms with Crippen LogP contribution in [-0.4, -0.2) is 11.6 Å². The van der Waals surface area contributed by atoms with Gasteiger partial charge in [0.2, 0.25) is 0 Å². The molecule has 0 bridgehead atoms. The van der Waals surface area contributed by atoms with E-state index in [0.717, 1.165) is 11.1 Å². The van der Waals surface area contributed by atoms with Crippen molar-refractivity contribution < 1.29 is 9.59 Å². The van der Waals surface area contributed by atoms with Gasteiger partial charge in [0.05, 0.1) is 6.42 Å². The summed E-state index contributed by atoms with van der Waals surface area (Å²) in [5.41, 5.74) is 2.29. The first-order valence-corrected chi connectivity index (χ1v) is 5.85. The highest BCUT2D eigenvalue weighted by Gasteiger charge is 2.24. The van der Waals surface area contributed by atoms with Crippen molar-refractivity contribution in [2.24, 2.45) is 5.41 Å². The lowest BCUT2D eigenvalue weighted by Gasteiger charge is -2.15. The van der Waals surface area contributed by atoms with Gasteiger partial charge in [0.1, 0.15) is 5.78 Å². The molecule has 1 rings (SSSR count). The van der Waals surface area contributed by atoms with Crippen LogP contribution in [0.4, 0.5) is 0 Å². The van der Waals surface area contributed by atoms with Gasteiger partial charge in [-0.15, -0.1) is 0 Å². The van der Waals surface area contributed by atoms with Crippen molar-refractivity contribution in [2.45, 2.75) is 41.0 Å². The van der Waals surface area contributed by atoms with Gasteiger partial charge in [-0.2, -0.15) is 0 Å². The van der Waals surface area contributed by atoms with Crippen LogP contribution in [0.1, 0.15) is 48.7 Å². The van der Waals surface area contributed by atoms with Gasteiger partial charge in [-0.05, 0) is 26.0 Å². The molecule has 0 radical (unpaired) electrons. The second kappa shape index (κ2) is 4.82. The Morgan fingerprint density at radius 3 is 1.88 bits per heavy atom. The van der Waals surface area contributed by atoms with Crippen LogP contribution in [-0.2, 0) is 4.79 Å². The first-order valence-electron chi connectivity index (χ1n) is 5.85. The van der Waals surface area contributed by atoms with Gasteiger partial charge in [0.25, 0.3) is 0 Å². The van der Waals surface area contributed by atoms with E-state index in [0.29, 0.717) is 5.56 Å². The fourth-order valence-electron chi connectivity index (χ4n) is 1.65. The highest BCUT2D eigenvalue weighted by atomic mass is 16.1. The number of hydrogen-bond donors (Lipinski definition) is 0. The molecule has 1 aromatic rings. The number of aryl methyl sites for hydroxylation is 2. The average molecular weight is 232 g/mol. The number of carbonyl (C=O) groups excluding carboxylic acids is 2. The first kappa shape index (κ1) is 13.6. The lowest BCUT2D eigenvalue weighted by atomic mass is 9.87. The van der Waals surface area contributed by atoms with E-state index >= 15 is 0 Å². The molecule has 0 aliphatic heterocycles. The predicted octanol–water partition coefficient (Wildman–Crippen LogP) is 3.49. The van der Waals surface area contributed by atoms with Gasteiger partial charge in [-0.25, -0.2) is 0 Å². The molecule has 0 heterocycles. The maximum Gasteiger partial charge on any atom is 0.170 e. The van der Waals surface area contributed by atoms with Crippen LogP contribution in [0.3, 0.4) is 0 Å². The molecule has 0 spiro atoms. The Bertz CT molecular complexity index is 430. The molecule has 2 nitrogen and oxygen atoms in total. The summed E-state index contributed by atoms with van der Waals surface area (Å²) in [6.45, 7) is 9.42. The Morgan fingerprint density at radius 1 is 1.00 bits per heavy atom. The van der Waals surface area contributed by atoms with Gasteiger partial charge in [-0.1, -0.05) is 38.0 Å². The molecular formula is C15H20O2. The zero-order chi connectivity index (χ0) is 13.2. The quantitative estimate of drug-likeness (QED) is 0.590. The summed E-state index contributed by atoms with van der Waals surface area (Å²) in [5, 5.41) is 0. The highest BCUT2D eigenvalue weighted by Crippen LogP contribution is 2.19. The molecule has 1 aromatic carbocycles. The van der Waals surface area contributed by atoms with Gasteiger partial charge in [-0.3, -0.25) is 9.59 Å². The summed E-state index contributed by atoms with van der Waals surface area (Å²) in [7, 11) is 0. The SMILES string of the molecule is Cc1cc(C)cc(C(=O)CC(=O)C(C)(C)C)c1. The minimum atomic E-state index is -0.450. The number of carbonyl (C=O) groups is 2. The highest BCUT2D eigenvalue weighted by molar-refractivity contribution is 6.09. The fourth-order valence-corrected chi connectivity index (χ4v) is 1.65. The van der Waals surface area contributed by atoms with Crippen molar-refractivity contribution in [2.75, 3.05) is 0 Å². The summed E-state index contributed by atoms with van der Waals surface area (Å²) >= 11 is 0. The van der Waals surface area contributed by atoms with E-state index < -0.39 is 5.41 Å². The molecule has 92 valence electrons. The Morgan fingerprint density at radius 2 is 1.47 bits per heavy atom. The zero-order valence-electron chi connectivity index (χ0n) is 11.3. The topological polar surface area (TPSA) is 34.1 Å². The lowest BCUT2D eigenvalue weighted by Crippen LogP contribution is -2.23. The molecule has 0 aliphatic rings. The van der Waals surface area contributed by atoms with Crippen LogP contribution in [0.25, 0.3) is 0 Å². The molecule has 0 aliphatic carbocycles. The van der Waals surface area contributed by atoms with Crippen molar-refractivity contribution in [3.05, 3.63) is 34.9 Å². The zero-order valence-corrected chi connectivity index (χ0v) is 11.3. The van der Waals surface area contributed by atoms with Crippen LogP contribution < -0.4 is 0 Å². The van der Waals surface area contributed by atoms with E-state index in [2.05, 4.69) is 0 Å². The Labute approximate surface area is 103 Å². The normalized spacial score (nSPS) is 11.4. The third-order valence-corrected chi connectivity index (χ3v) is 2.70. The molecule has 0 saturated carbocycles. The number of hydrogen-bond acceptors (Lipinski definition) is 2. The molecule has 0 fully saturated rings. The summed E-state index contributed by atoms with van der Waals surface area (Å²) in [6, 6.07) is 5.69. The third kappa shape index (κ3) is 3.81. The van der Waals surface area contributed by atoms with Gasteiger partial charge in [0.15, 0.2) is 5.78 Å². The number of ketones is 2. The second-order valence-corrected chi connectivity index (χ2v) is 5.65. The summed E-state index contributed by atoms with van der Waals surface area (Å²) in [4.78, 5) is 23.8. The minimum Gasteiger partial charge on any atom is -0.299 e. The van der Waals surface area contributed by atoms with E-state index in [4.69, 9.17) is 0 Å². The Kier molecular flexibility index (Phi) is 3.87. The van der Waals surface area contributed by atoms with Gasteiger partial charge in [0, 0.05) is 11.0 Å². The Hall–Kier alpha value is -1.44. The second-order valence-electron chi connectivity index (χ2n) is 5.65. The molecular weight excluding hydrogens is 212 g/mol. The summed E-state index contributed by atoms with van der Waals surface area (Å²) in [6.07, 6.45) is -0.00755. The van der Waals surface area contributed by atoms with Crippen LogP contribution >= 0.6 is 0 Å². The van der Waals surface area contributed by atoms with Crippen molar-refractivity contribution in [3.8, 4) is 0 Å². The third-order valence-electron chi connectivity index (χ3n) is 2.70. The van der Waals surface area contributed by atoms with Crippen LogP contribution in [0, 0.1) is 19.3 Å².